The molecule has 1 atom stereocenters. The number of nitrogens with zero attached hydrogens (tertiary/aromatic N) is 1. The molecule has 0 spiro atoms. The van der Waals surface area contributed by atoms with Crippen molar-refractivity contribution in [3.63, 3.8) is 0 Å². The van der Waals surface area contributed by atoms with E-state index < -0.39 is 6.04 Å². The lowest BCUT2D eigenvalue weighted by Crippen LogP contribution is -2.38. The minimum atomic E-state index is -0.453. The van der Waals surface area contributed by atoms with Crippen LogP contribution in [0.3, 0.4) is 0 Å². The molecular formula is C9H12N4O2S. The Morgan fingerprint density at radius 2 is 2.56 bits per heavy atom. The predicted molar refractivity (Wildman–Crippen MR) is 61.4 cm³/mol. The van der Waals surface area contributed by atoms with Crippen LogP contribution in [0.25, 0.3) is 0 Å². The van der Waals surface area contributed by atoms with Crippen LogP contribution in [-0.2, 0) is 11.2 Å². The van der Waals surface area contributed by atoms with Crippen molar-refractivity contribution in [3.05, 3.63) is 11.8 Å². The minimum Gasteiger partial charge on any atom is -0.334 e. The first-order chi connectivity index (χ1) is 7.70. The molecule has 0 bridgehead atoms. The topological polar surface area (TPSA) is 86.9 Å². The Morgan fingerprint density at radius 1 is 1.75 bits per heavy atom. The summed E-state index contributed by atoms with van der Waals surface area (Å²) in [6.07, 6.45) is 2.47. The molecule has 2 heterocycles. The standard InChI is InChI=1S/C9H12N4O2S/c1-2-5-3-10-13-7(5)12-8(14)6-4-16-9(15)11-6/h3,6H,2,4H2,1H3,(H,11,15)(H2,10,12,13,14). The average Bonchev–Trinajstić information content (AvgIpc) is 2.86. The first kappa shape index (κ1) is 11.0. The van der Waals surface area contributed by atoms with Gasteiger partial charge in [-0.2, -0.15) is 5.10 Å². The van der Waals surface area contributed by atoms with E-state index >= 15 is 0 Å². The van der Waals surface area contributed by atoms with E-state index in [0.29, 0.717) is 11.6 Å². The van der Waals surface area contributed by atoms with Crippen LogP contribution in [0.5, 0.6) is 0 Å². The maximum atomic E-state index is 11.7. The molecule has 1 aromatic rings. The zero-order chi connectivity index (χ0) is 11.5. The third-order valence-corrected chi connectivity index (χ3v) is 3.22. The summed E-state index contributed by atoms with van der Waals surface area (Å²) in [6.45, 7) is 1.98. The maximum absolute atomic E-state index is 11.7. The van der Waals surface area contributed by atoms with Crippen molar-refractivity contribution in [3.8, 4) is 0 Å². The van der Waals surface area contributed by atoms with Gasteiger partial charge in [-0.1, -0.05) is 18.7 Å². The number of H-pyrrole nitrogens is 1. The second-order valence-corrected chi connectivity index (χ2v) is 4.40. The highest BCUT2D eigenvalue weighted by Crippen LogP contribution is 2.16. The summed E-state index contributed by atoms with van der Waals surface area (Å²) in [5.74, 6) is 0.872. The van der Waals surface area contributed by atoms with Gasteiger partial charge in [-0.3, -0.25) is 14.7 Å². The van der Waals surface area contributed by atoms with Crippen LogP contribution >= 0.6 is 11.8 Å². The van der Waals surface area contributed by atoms with Crippen LogP contribution in [0, 0.1) is 0 Å². The average molecular weight is 240 g/mol. The first-order valence-electron chi connectivity index (χ1n) is 4.97. The number of hydrogen-bond donors (Lipinski definition) is 3. The monoisotopic (exact) mass is 240 g/mol. The number of rotatable bonds is 3. The number of anilines is 1. The maximum Gasteiger partial charge on any atom is 0.279 e. The van der Waals surface area contributed by atoms with Gasteiger partial charge in [-0.15, -0.1) is 0 Å². The zero-order valence-corrected chi connectivity index (χ0v) is 9.56. The highest BCUT2D eigenvalue weighted by molar-refractivity contribution is 8.14. The predicted octanol–water partition coefficient (Wildman–Crippen LogP) is 0.736. The lowest BCUT2D eigenvalue weighted by atomic mass is 10.2. The number of carbonyl (C=O) groups is 2. The lowest BCUT2D eigenvalue weighted by Gasteiger charge is -2.09. The SMILES string of the molecule is CCc1cn[nH]c1NC(=O)C1CSC(=O)N1. The molecule has 6 nitrogen and oxygen atoms in total. The van der Waals surface area contributed by atoms with Crippen LogP contribution < -0.4 is 10.6 Å². The molecule has 0 aromatic carbocycles. The summed E-state index contributed by atoms with van der Waals surface area (Å²) >= 11 is 1.12. The third kappa shape index (κ3) is 2.19. The van der Waals surface area contributed by atoms with E-state index in [1.165, 1.54) is 0 Å². The van der Waals surface area contributed by atoms with E-state index in [2.05, 4.69) is 20.8 Å². The lowest BCUT2D eigenvalue weighted by molar-refractivity contribution is -0.117. The van der Waals surface area contributed by atoms with E-state index in [0.717, 1.165) is 23.7 Å². The van der Waals surface area contributed by atoms with E-state index in [-0.39, 0.29) is 11.1 Å². The normalized spacial score (nSPS) is 19.6. The molecule has 0 aliphatic carbocycles. The number of aryl methyl sites for hydroxylation is 1. The Balaban J connectivity index is 1.99. The smallest absolute Gasteiger partial charge is 0.279 e. The molecule has 1 aliphatic heterocycles. The highest BCUT2D eigenvalue weighted by atomic mass is 32.2. The van der Waals surface area contributed by atoms with E-state index in [9.17, 15) is 9.59 Å². The van der Waals surface area contributed by atoms with Gasteiger partial charge in [0.15, 0.2) is 0 Å². The fraction of sp³-hybridized carbons (Fsp3) is 0.444. The summed E-state index contributed by atoms with van der Waals surface area (Å²) in [4.78, 5) is 22.7. The number of thioether (sulfide) groups is 1. The fourth-order valence-corrected chi connectivity index (χ4v) is 2.20. The molecule has 2 rings (SSSR count). The van der Waals surface area contributed by atoms with Crippen molar-refractivity contribution >= 4 is 28.7 Å². The van der Waals surface area contributed by atoms with Gasteiger partial charge < -0.3 is 10.6 Å². The summed E-state index contributed by atoms with van der Waals surface area (Å²) in [7, 11) is 0. The van der Waals surface area contributed by atoms with Gasteiger partial charge in [-0.25, -0.2) is 0 Å². The third-order valence-electron chi connectivity index (χ3n) is 2.34. The Kier molecular flexibility index (Phi) is 3.14. The summed E-state index contributed by atoms with van der Waals surface area (Å²) in [6, 6.07) is -0.453. The molecular weight excluding hydrogens is 228 g/mol. The first-order valence-corrected chi connectivity index (χ1v) is 5.95. The van der Waals surface area contributed by atoms with Gasteiger partial charge in [-0.05, 0) is 6.42 Å². The van der Waals surface area contributed by atoms with Crippen LogP contribution in [-0.4, -0.2) is 33.1 Å². The van der Waals surface area contributed by atoms with Crippen LogP contribution in [0.2, 0.25) is 0 Å². The van der Waals surface area contributed by atoms with E-state index in [4.69, 9.17) is 0 Å². The number of aromatic amines is 1. The highest BCUT2D eigenvalue weighted by Gasteiger charge is 2.28. The molecule has 16 heavy (non-hydrogen) atoms. The fourth-order valence-electron chi connectivity index (χ4n) is 1.42. The van der Waals surface area contributed by atoms with Gasteiger partial charge in [0.1, 0.15) is 11.9 Å². The second kappa shape index (κ2) is 4.56. The van der Waals surface area contributed by atoms with Crippen molar-refractivity contribution in [1.29, 1.82) is 0 Å². The molecule has 7 heteroatoms. The second-order valence-electron chi connectivity index (χ2n) is 3.41. The Labute approximate surface area is 96.6 Å². The van der Waals surface area contributed by atoms with Gasteiger partial charge in [0.2, 0.25) is 5.91 Å². The molecule has 1 saturated heterocycles. The van der Waals surface area contributed by atoms with Crippen molar-refractivity contribution in [1.82, 2.24) is 15.5 Å². The summed E-state index contributed by atoms with van der Waals surface area (Å²) < 4.78 is 0. The van der Waals surface area contributed by atoms with Gasteiger partial charge in [0, 0.05) is 11.3 Å². The molecule has 86 valence electrons. The molecule has 1 aromatic heterocycles. The van der Waals surface area contributed by atoms with E-state index in [1.807, 2.05) is 6.92 Å². The number of aromatic nitrogens is 2. The number of carbonyl (C=O) groups excluding carboxylic acids is 2. The van der Waals surface area contributed by atoms with Gasteiger partial charge >= 0.3 is 0 Å². The van der Waals surface area contributed by atoms with Crippen molar-refractivity contribution in [2.75, 3.05) is 11.1 Å². The molecule has 0 saturated carbocycles. The van der Waals surface area contributed by atoms with Crippen molar-refractivity contribution < 1.29 is 9.59 Å². The van der Waals surface area contributed by atoms with Crippen LogP contribution in [0.1, 0.15) is 12.5 Å². The Bertz CT molecular complexity index is 417. The Morgan fingerprint density at radius 3 is 3.19 bits per heavy atom. The molecule has 1 aliphatic rings. The molecule has 1 fully saturated rings. The molecule has 2 amide bonds. The Hall–Kier alpha value is -1.50. The molecule has 0 radical (unpaired) electrons. The molecule has 1 unspecified atom stereocenters. The number of nitrogens with one attached hydrogen (secondary N) is 3. The zero-order valence-electron chi connectivity index (χ0n) is 8.74. The number of amides is 2. The van der Waals surface area contributed by atoms with Gasteiger partial charge in [0.05, 0.1) is 6.20 Å². The summed E-state index contributed by atoms with van der Waals surface area (Å²) in [5, 5.41) is 11.7. The summed E-state index contributed by atoms with van der Waals surface area (Å²) in [5.41, 5.74) is 0.949. The molecule has 3 N–H and O–H groups in total. The van der Waals surface area contributed by atoms with Crippen molar-refractivity contribution in [2.45, 2.75) is 19.4 Å². The van der Waals surface area contributed by atoms with Crippen molar-refractivity contribution in [2.24, 2.45) is 0 Å². The van der Waals surface area contributed by atoms with Crippen LogP contribution in [0.15, 0.2) is 6.20 Å². The van der Waals surface area contributed by atoms with E-state index in [1.54, 1.807) is 6.20 Å². The van der Waals surface area contributed by atoms with Crippen LogP contribution in [0.4, 0.5) is 10.6 Å². The minimum absolute atomic E-state index is 0.152. The largest absolute Gasteiger partial charge is 0.334 e. The number of hydrogen-bond acceptors (Lipinski definition) is 4. The van der Waals surface area contributed by atoms with Gasteiger partial charge in [0.25, 0.3) is 5.24 Å². The quantitative estimate of drug-likeness (QED) is 0.727.